The van der Waals surface area contributed by atoms with Crippen LogP contribution >= 0.6 is 0 Å². The topological polar surface area (TPSA) is 57.2 Å². The number of benzene rings is 2. The summed E-state index contributed by atoms with van der Waals surface area (Å²) in [6, 6.07) is 10.9. The summed E-state index contributed by atoms with van der Waals surface area (Å²) in [4.78, 5) is 0. The molecule has 0 aliphatic carbocycles. The fraction of sp³-hybridized carbons (Fsp3) is 0.294. The maximum Gasteiger partial charge on any atom is 0.168 e. The van der Waals surface area contributed by atoms with Crippen LogP contribution in [0.3, 0.4) is 0 Å². The molecule has 0 fully saturated rings. The van der Waals surface area contributed by atoms with Crippen LogP contribution in [-0.2, 0) is 5.60 Å². The number of hydrogen-bond acceptors (Lipinski definition) is 5. The van der Waals surface area contributed by atoms with Gasteiger partial charge in [-0.05, 0) is 24.3 Å². The van der Waals surface area contributed by atoms with Gasteiger partial charge in [-0.3, -0.25) is 0 Å². The molecule has 2 aliphatic rings. The Morgan fingerprint density at radius 3 is 2.45 bits per heavy atom. The van der Waals surface area contributed by atoms with Crippen LogP contribution in [0.25, 0.3) is 0 Å². The van der Waals surface area contributed by atoms with E-state index in [0.717, 1.165) is 11.1 Å². The Labute approximate surface area is 128 Å². The third-order valence-corrected chi connectivity index (χ3v) is 4.28. The van der Waals surface area contributed by atoms with Crippen molar-refractivity contribution in [2.24, 2.45) is 0 Å². The molecule has 5 heteroatoms. The molecule has 22 heavy (non-hydrogen) atoms. The summed E-state index contributed by atoms with van der Waals surface area (Å²) >= 11 is 0. The minimum Gasteiger partial charge on any atom is -0.497 e. The molecule has 0 spiro atoms. The number of methoxy groups -OCH3 is 2. The van der Waals surface area contributed by atoms with E-state index in [4.69, 9.17) is 18.9 Å². The van der Waals surface area contributed by atoms with Crippen molar-refractivity contribution in [2.75, 3.05) is 20.8 Å². The van der Waals surface area contributed by atoms with Gasteiger partial charge in [0.2, 0.25) is 0 Å². The SMILES string of the molecule is COc1ccc2c(c1)OC[C@@]1(O)c3ccc(OC)cc3O[C@@H]21. The molecule has 2 heterocycles. The lowest BCUT2D eigenvalue weighted by Crippen LogP contribution is -2.41. The second-order valence-electron chi connectivity index (χ2n) is 5.48. The lowest BCUT2D eigenvalue weighted by molar-refractivity contribution is -0.0864. The highest BCUT2D eigenvalue weighted by atomic mass is 16.5. The number of rotatable bonds is 2. The molecule has 5 nitrogen and oxygen atoms in total. The van der Waals surface area contributed by atoms with E-state index in [1.54, 1.807) is 20.3 Å². The largest absolute Gasteiger partial charge is 0.497 e. The first-order valence-electron chi connectivity index (χ1n) is 7.04. The van der Waals surface area contributed by atoms with E-state index in [9.17, 15) is 5.11 Å². The molecule has 2 aromatic carbocycles. The molecular weight excluding hydrogens is 284 g/mol. The standard InChI is InChI=1S/C17H16O5/c1-19-10-3-5-12-14(7-10)21-9-17(18)13-6-4-11(20-2)8-15(13)22-16(12)17/h3-8,16,18H,9H2,1-2H3/t16-,17+/m0/s1. The summed E-state index contributed by atoms with van der Waals surface area (Å²) in [5.74, 6) is 2.70. The van der Waals surface area contributed by atoms with Gasteiger partial charge in [0.05, 0.1) is 14.2 Å². The van der Waals surface area contributed by atoms with Crippen molar-refractivity contribution >= 4 is 0 Å². The molecule has 2 aliphatic heterocycles. The molecular formula is C17H16O5. The highest BCUT2D eigenvalue weighted by Crippen LogP contribution is 2.54. The van der Waals surface area contributed by atoms with Gasteiger partial charge >= 0.3 is 0 Å². The van der Waals surface area contributed by atoms with E-state index >= 15 is 0 Å². The summed E-state index contributed by atoms with van der Waals surface area (Å²) in [7, 11) is 3.21. The van der Waals surface area contributed by atoms with Crippen LogP contribution in [0.15, 0.2) is 36.4 Å². The first-order valence-corrected chi connectivity index (χ1v) is 7.04. The number of hydrogen-bond donors (Lipinski definition) is 1. The van der Waals surface area contributed by atoms with Crippen LogP contribution in [0.1, 0.15) is 17.2 Å². The highest BCUT2D eigenvalue weighted by molar-refractivity contribution is 5.54. The van der Waals surface area contributed by atoms with Crippen molar-refractivity contribution in [3.63, 3.8) is 0 Å². The predicted molar refractivity (Wildman–Crippen MR) is 78.7 cm³/mol. The van der Waals surface area contributed by atoms with Gasteiger partial charge in [-0.1, -0.05) is 0 Å². The molecule has 114 valence electrons. The molecule has 2 atom stereocenters. The first kappa shape index (κ1) is 13.3. The molecule has 0 saturated carbocycles. The van der Waals surface area contributed by atoms with Gasteiger partial charge in [-0.25, -0.2) is 0 Å². The maximum atomic E-state index is 11.1. The van der Waals surface area contributed by atoms with E-state index < -0.39 is 11.7 Å². The van der Waals surface area contributed by atoms with Gasteiger partial charge in [0.1, 0.15) is 29.6 Å². The molecule has 2 aromatic rings. The Hall–Kier alpha value is -2.40. The lowest BCUT2D eigenvalue weighted by atomic mass is 9.85. The maximum absolute atomic E-state index is 11.1. The lowest BCUT2D eigenvalue weighted by Gasteiger charge is -2.34. The minimum atomic E-state index is -1.19. The Morgan fingerprint density at radius 2 is 1.73 bits per heavy atom. The van der Waals surface area contributed by atoms with Crippen LogP contribution in [0.5, 0.6) is 23.0 Å². The summed E-state index contributed by atoms with van der Waals surface area (Å²) in [5.41, 5.74) is 0.341. The van der Waals surface area contributed by atoms with Crippen molar-refractivity contribution in [1.82, 2.24) is 0 Å². The average Bonchev–Trinajstić information content (AvgIpc) is 2.86. The van der Waals surface area contributed by atoms with E-state index in [2.05, 4.69) is 0 Å². The minimum absolute atomic E-state index is 0.136. The van der Waals surface area contributed by atoms with E-state index in [0.29, 0.717) is 23.0 Å². The van der Waals surface area contributed by atoms with Crippen LogP contribution in [0.2, 0.25) is 0 Å². The van der Waals surface area contributed by atoms with Crippen molar-refractivity contribution in [2.45, 2.75) is 11.7 Å². The van der Waals surface area contributed by atoms with Gasteiger partial charge in [-0.2, -0.15) is 0 Å². The molecule has 1 N–H and O–H groups in total. The normalized spacial score (nSPS) is 24.4. The van der Waals surface area contributed by atoms with Crippen LogP contribution in [-0.4, -0.2) is 25.9 Å². The first-order chi connectivity index (χ1) is 10.7. The Kier molecular flexibility index (Phi) is 2.74. The molecule has 0 aromatic heterocycles. The second-order valence-corrected chi connectivity index (χ2v) is 5.48. The number of ether oxygens (including phenoxy) is 4. The summed E-state index contributed by atoms with van der Waals surface area (Å²) in [5, 5.41) is 11.1. The zero-order chi connectivity index (χ0) is 15.3. The summed E-state index contributed by atoms with van der Waals surface area (Å²) in [6.45, 7) is 0.136. The number of aliphatic hydroxyl groups is 1. The third-order valence-electron chi connectivity index (χ3n) is 4.28. The van der Waals surface area contributed by atoms with Gasteiger partial charge in [0.25, 0.3) is 0 Å². The fourth-order valence-corrected chi connectivity index (χ4v) is 3.10. The molecule has 4 rings (SSSR count). The van der Waals surface area contributed by atoms with E-state index in [-0.39, 0.29) is 6.61 Å². The van der Waals surface area contributed by atoms with E-state index in [1.165, 1.54) is 0 Å². The van der Waals surface area contributed by atoms with Crippen molar-refractivity contribution < 1.29 is 24.1 Å². The fourth-order valence-electron chi connectivity index (χ4n) is 3.10. The Balaban J connectivity index is 1.81. The number of fused-ring (bicyclic) bond motifs is 5. The van der Waals surface area contributed by atoms with Gasteiger partial charge in [0.15, 0.2) is 11.7 Å². The zero-order valence-corrected chi connectivity index (χ0v) is 12.3. The van der Waals surface area contributed by atoms with E-state index in [1.807, 2.05) is 30.3 Å². The van der Waals surface area contributed by atoms with Crippen molar-refractivity contribution in [3.05, 3.63) is 47.5 Å². The molecule has 0 saturated heterocycles. The van der Waals surface area contributed by atoms with Crippen LogP contribution in [0, 0.1) is 0 Å². The molecule has 0 amide bonds. The van der Waals surface area contributed by atoms with Gasteiger partial charge in [-0.15, -0.1) is 0 Å². The molecule has 0 unspecified atom stereocenters. The Morgan fingerprint density at radius 1 is 1.05 bits per heavy atom. The van der Waals surface area contributed by atoms with Crippen LogP contribution < -0.4 is 18.9 Å². The summed E-state index contributed by atoms with van der Waals surface area (Å²) < 4.78 is 22.2. The Bertz CT molecular complexity index is 742. The van der Waals surface area contributed by atoms with Gasteiger partial charge < -0.3 is 24.1 Å². The van der Waals surface area contributed by atoms with Crippen molar-refractivity contribution in [3.8, 4) is 23.0 Å². The predicted octanol–water partition coefficient (Wildman–Crippen LogP) is 2.42. The third kappa shape index (κ3) is 1.69. The average molecular weight is 300 g/mol. The van der Waals surface area contributed by atoms with Crippen molar-refractivity contribution in [1.29, 1.82) is 0 Å². The monoisotopic (exact) mass is 300 g/mol. The molecule has 0 bridgehead atoms. The summed E-state index contributed by atoms with van der Waals surface area (Å²) in [6.07, 6.45) is -0.496. The van der Waals surface area contributed by atoms with Crippen LogP contribution in [0.4, 0.5) is 0 Å². The zero-order valence-electron chi connectivity index (χ0n) is 12.3. The van der Waals surface area contributed by atoms with Gasteiger partial charge in [0, 0.05) is 23.3 Å². The molecule has 0 radical (unpaired) electrons. The second kappa shape index (κ2) is 4.55. The quantitative estimate of drug-likeness (QED) is 0.923. The highest BCUT2D eigenvalue weighted by Gasteiger charge is 2.53. The smallest absolute Gasteiger partial charge is 0.168 e.